The van der Waals surface area contributed by atoms with Crippen LogP contribution in [0.25, 0.3) is 0 Å². The van der Waals surface area contributed by atoms with Crippen molar-refractivity contribution < 1.29 is 4.79 Å². The molecule has 1 aromatic rings. The number of ketones is 1. The molecular formula is C12H12ClO. The highest BCUT2D eigenvalue weighted by atomic mass is 35.5. The molecular weight excluding hydrogens is 196 g/mol. The molecule has 0 aliphatic heterocycles. The van der Waals surface area contributed by atoms with E-state index < -0.39 is 0 Å². The molecule has 1 fully saturated rings. The molecule has 0 spiro atoms. The van der Waals surface area contributed by atoms with Gasteiger partial charge in [-0.15, -0.1) is 0 Å². The predicted octanol–water partition coefficient (Wildman–Crippen LogP) is 3.38. The summed E-state index contributed by atoms with van der Waals surface area (Å²) in [4.78, 5) is 11.7. The summed E-state index contributed by atoms with van der Waals surface area (Å²) in [6, 6.07) is 7.64. The van der Waals surface area contributed by atoms with Gasteiger partial charge in [-0.1, -0.05) is 29.8 Å². The van der Waals surface area contributed by atoms with E-state index >= 15 is 0 Å². The summed E-state index contributed by atoms with van der Waals surface area (Å²) < 4.78 is 0. The van der Waals surface area contributed by atoms with Gasteiger partial charge in [0, 0.05) is 17.4 Å². The van der Waals surface area contributed by atoms with Gasteiger partial charge in [0.25, 0.3) is 0 Å². The third-order valence-electron chi connectivity index (χ3n) is 2.67. The lowest BCUT2D eigenvalue weighted by Gasteiger charge is -2.21. The van der Waals surface area contributed by atoms with Gasteiger partial charge in [0.15, 0.2) is 0 Å². The fourth-order valence-electron chi connectivity index (χ4n) is 1.92. The number of halogens is 1. The standard InChI is InChI=1S/C12H12ClO/c13-11-7-3-1-5-9(11)10-6-2-4-8-12(10)14/h1,3-5,7,10H,2,6,8H2/t10-/m0/s1. The van der Waals surface area contributed by atoms with Crippen LogP contribution in [0.1, 0.15) is 30.7 Å². The van der Waals surface area contributed by atoms with Crippen molar-refractivity contribution in [3.63, 3.8) is 0 Å². The second-order valence-corrected chi connectivity index (χ2v) is 4.02. The molecule has 0 unspecified atom stereocenters. The van der Waals surface area contributed by atoms with Crippen LogP contribution in [-0.2, 0) is 4.79 Å². The summed E-state index contributed by atoms with van der Waals surface area (Å²) in [7, 11) is 0. The van der Waals surface area contributed by atoms with E-state index in [9.17, 15) is 4.79 Å². The van der Waals surface area contributed by atoms with Gasteiger partial charge in [0.05, 0.1) is 0 Å². The molecule has 0 amide bonds. The van der Waals surface area contributed by atoms with Crippen LogP contribution in [0, 0.1) is 6.42 Å². The Kier molecular flexibility index (Phi) is 2.87. The van der Waals surface area contributed by atoms with Gasteiger partial charge in [0.1, 0.15) is 5.78 Å². The molecule has 1 aliphatic rings. The maximum absolute atomic E-state index is 11.7. The highest BCUT2D eigenvalue weighted by molar-refractivity contribution is 6.31. The number of carbonyl (C=O) groups excluding carboxylic acids is 1. The lowest BCUT2D eigenvalue weighted by molar-refractivity contribution is -0.120. The zero-order chi connectivity index (χ0) is 9.97. The molecule has 2 heteroatoms. The van der Waals surface area contributed by atoms with Gasteiger partial charge in [-0.2, -0.15) is 0 Å². The smallest absolute Gasteiger partial charge is 0.140 e. The number of hydrogen-bond donors (Lipinski definition) is 0. The number of hydrogen-bond acceptors (Lipinski definition) is 1. The molecule has 1 aliphatic carbocycles. The van der Waals surface area contributed by atoms with Crippen LogP contribution in [-0.4, -0.2) is 5.78 Å². The zero-order valence-electron chi connectivity index (χ0n) is 7.87. The van der Waals surface area contributed by atoms with Crippen LogP contribution >= 0.6 is 11.6 Å². The summed E-state index contributed by atoms with van der Waals surface area (Å²) in [6.07, 6.45) is 4.57. The maximum Gasteiger partial charge on any atom is 0.140 e. The molecule has 1 aromatic carbocycles. The molecule has 73 valence electrons. The SMILES string of the molecule is O=C1C[CH]CC[C@H]1c1ccccc1Cl. The molecule has 0 saturated heterocycles. The molecule has 1 radical (unpaired) electrons. The van der Waals surface area contributed by atoms with E-state index in [0.29, 0.717) is 17.2 Å². The van der Waals surface area contributed by atoms with Crippen molar-refractivity contribution in [3.05, 3.63) is 41.3 Å². The molecule has 1 nitrogen and oxygen atoms in total. The number of carbonyl (C=O) groups is 1. The summed E-state index contributed by atoms with van der Waals surface area (Å²) in [6.45, 7) is 0. The van der Waals surface area contributed by atoms with E-state index in [1.165, 1.54) is 0 Å². The molecule has 0 N–H and O–H groups in total. The first kappa shape index (κ1) is 9.72. The Morgan fingerprint density at radius 3 is 2.79 bits per heavy atom. The van der Waals surface area contributed by atoms with Gasteiger partial charge in [-0.25, -0.2) is 0 Å². The zero-order valence-corrected chi connectivity index (χ0v) is 8.63. The Labute approximate surface area is 89.1 Å². The molecule has 0 aromatic heterocycles. The van der Waals surface area contributed by atoms with Gasteiger partial charge >= 0.3 is 0 Å². The van der Waals surface area contributed by atoms with Crippen LogP contribution < -0.4 is 0 Å². The summed E-state index contributed by atoms with van der Waals surface area (Å²) in [5.41, 5.74) is 0.993. The largest absolute Gasteiger partial charge is 0.299 e. The summed E-state index contributed by atoms with van der Waals surface area (Å²) in [5, 5.41) is 0.716. The lowest BCUT2D eigenvalue weighted by Crippen LogP contribution is -2.17. The van der Waals surface area contributed by atoms with Crippen LogP contribution in [0.4, 0.5) is 0 Å². The second-order valence-electron chi connectivity index (χ2n) is 3.61. The van der Waals surface area contributed by atoms with E-state index in [-0.39, 0.29) is 5.92 Å². The fourth-order valence-corrected chi connectivity index (χ4v) is 2.19. The van der Waals surface area contributed by atoms with Crippen molar-refractivity contribution >= 4 is 17.4 Å². The van der Waals surface area contributed by atoms with Crippen molar-refractivity contribution in [3.8, 4) is 0 Å². The Bertz CT molecular complexity index is 346. The van der Waals surface area contributed by atoms with Crippen molar-refractivity contribution in [1.29, 1.82) is 0 Å². The predicted molar refractivity (Wildman–Crippen MR) is 57.4 cm³/mol. The third kappa shape index (κ3) is 1.83. The fraction of sp³-hybridized carbons (Fsp3) is 0.333. The third-order valence-corrected chi connectivity index (χ3v) is 3.02. The highest BCUT2D eigenvalue weighted by Crippen LogP contribution is 2.33. The molecule has 1 saturated carbocycles. The van der Waals surface area contributed by atoms with Crippen molar-refractivity contribution in [1.82, 2.24) is 0 Å². The first-order valence-corrected chi connectivity index (χ1v) is 5.25. The van der Waals surface area contributed by atoms with Crippen molar-refractivity contribution in [2.75, 3.05) is 0 Å². The van der Waals surface area contributed by atoms with Crippen molar-refractivity contribution in [2.45, 2.75) is 25.2 Å². The topological polar surface area (TPSA) is 17.1 Å². The normalized spacial score (nSPS) is 22.4. The van der Waals surface area contributed by atoms with Crippen LogP contribution in [0.15, 0.2) is 24.3 Å². The van der Waals surface area contributed by atoms with Crippen molar-refractivity contribution in [2.24, 2.45) is 0 Å². The first-order valence-electron chi connectivity index (χ1n) is 4.88. The average molecular weight is 208 g/mol. The molecule has 14 heavy (non-hydrogen) atoms. The Morgan fingerprint density at radius 2 is 2.07 bits per heavy atom. The molecule has 1 atom stereocenters. The molecule has 0 bridgehead atoms. The van der Waals surface area contributed by atoms with Gasteiger partial charge in [0.2, 0.25) is 0 Å². The van der Waals surface area contributed by atoms with Gasteiger partial charge < -0.3 is 0 Å². The monoisotopic (exact) mass is 207 g/mol. The van der Waals surface area contributed by atoms with Crippen LogP contribution in [0.2, 0.25) is 5.02 Å². The van der Waals surface area contributed by atoms with Gasteiger partial charge in [-0.3, -0.25) is 4.79 Å². The van der Waals surface area contributed by atoms with E-state index in [1.54, 1.807) is 0 Å². The maximum atomic E-state index is 11.7. The number of Topliss-reactive ketones (excluding diaryl/α,β-unsaturated/α-hetero) is 1. The minimum atomic E-state index is 0.0219. The summed E-state index contributed by atoms with van der Waals surface area (Å²) in [5.74, 6) is 0.318. The number of rotatable bonds is 1. The molecule has 2 rings (SSSR count). The molecule has 0 heterocycles. The summed E-state index contributed by atoms with van der Waals surface area (Å²) >= 11 is 6.06. The minimum absolute atomic E-state index is 0.0219. The Morgan fingerprint density at radius 1 is 1.29 bits per heavy atom. The Balaban J connectivity index is 2.29. The second kappa shape index (κ2) is 4.14. The van der Waals surface area contributed by atoms with Gasteiger partial charge in [-0.05, 0) is 30.9 Å². The van der Waals surface area contributed by atoms with Crippen LogP contribution in [0.3, 0.4) is 0 Å². The van der Waals surface area contributed by atoms with E-state index in [2.05, 4.69) is 6.42 Å². The first-order chi connectivity index (χ1) is 6.79. The van der Waals surface area contributed by atoms with E-state index in [4.69, 9.17) is 11.6 Å². The van der Waals surface area contributed by atoms with Crippen LogP contribution in [0.5, 0.6) is 0 Å². The van der Waals surface area contributed by atoms with E-state index in [1.807, 2.05) is 24.3 Å². The Hall–Kier alpha value is -0.820. The lowest BCUT2D eigenvalue weighted by atomic mass is 9.83. The average Bonchev–Trinajstić information content (AvgIpc) is 2.20. The quantitative estimate of drug-likeness (QED) is 0.690. The minimum Gasteiger partial charge on any atom is -0.299 e. The number of benzene rings is 1. The van der Waals surface area contributed by atoms with E-state index in [0.717, 1.165) is 18.4 Å². The highest BCUT2D eigenvalue weighted by Gasteiger charge is 2.25.